The molecule has 0 amide bonds. The third kappa shape index (κ3) is 3.68. The van der Waals surface area contributed by atoms with E-state index in [-0.39, 0.29) is 5.38 Å². The Morgan fingerprint density at radius 1 is 0.966 bits per heavy atom. The van der Waals surface area contributed by atoms with Gasteiger partial charge in [-0.15, -0.1) is 11.6 Å². The van der Waals surface area contributed by atoms with Crippen molar-refractivity contribution in [2.75, 3.05) is 0 Å². The van der Waals surface area contributed by atoms with Crippen molar-refractivity contribution in [3.8, 4) is 0 Å². The van der Waals surface area contributed by atoms with Crippen molar-refractivity contribution in [3.05, 3.63) is 94.4 Å². The Labute approximate surface area is 181 Å². The molecule has 2 unspecified atom stereocenters. The Morgan fingerprint density at radius 2 is 1.83 bits per heavy atom. The molecule has 0 spiro atoms. The maximum Gasteiger partial charge on any atom is 0.135 e. The Morgan fingerprint density at radius 3 is 2.62 bits per heavy atom. The van der Waals surface area contributed by atoms with E-state index in [2.05, 4.69) is 47.5 Å². The molecule has 3 aliphatic carbocycles. The third-order valence-electron chi connectivity index (χ3n) is 5.80. The van der Waals surface area contributed by atoms with E-state index in [4.69, 9.17) is 28.2 Å². The number of benzene rings is 1. The molecule has 146 valence electrons. The largest absolute Gasteiger partial charge is 0.338 e. The van der Waals surface area contributed by atoms with Crippen LogP contribution in [0.15, 0.2) is 88.5 Å². The Kier molecular flexibility index (Phi) is 5.07. The summed E-state index contributed by atoms with van der Waals surface area (Å²) in [7, 11) is 0. The summed E-state index contributed by atoms with van der Waals surface area (Å²) in [6.45, 7) is 0. The molecule has 1 aromatic heterocycles. The number of nitrogens with zero attached hydrogens (tertiary/aromatic N) is 1. The molecule has 1 aromatic carbocycles. The van der Waals surface area contributed by atoms with Gasteiger partial charge in [-0.25, -0.2) is 4.98 Å². The molecule has 0 saturated carbocycles. The van der Waals surface area contributed by atoms with Crippen molar-refractivity contribution in [3.63, 3.8) is 0 Å². The van der Waals surface area contributed by atoms with Gasteiger partial charge in [0, 0.05) is 22.9 Å². The molecular formula is C25H22Cl2N2. The van der Waals surface area contributed by atoms with Crippen molar-refractivity contribution in [1.82, 2.24) is 9.97 Å². The number of aromatic amines is 1. The van der Waals surface area contributed by atoms with Crippen LogP contribution in [0.3, 0.4) is 0 Å². The standard InChI is InChI=1S/C25H22Cl2N2/c26-18-11-13-20(22(27)15-18)19-12-10-17(16-6-2-1-3-7-16)14-21(19)25-28-23-8-4-5-9-24(23)29-25/h2,4-13,17-18H,1,3,14-15H2,(H,28,29). The van der Waals surface area contributed by atoms with Gasteiger partial charge < -0.3 is 4.98 Å². The van der Waals surface area contributed by atoms with E-state index >= 15 is 0 Å². The Hall–Kier alpha value is -2.29. The van der Waals surface area contributed by atoms with Gasteiger partial charge in [-0.05, 0) is 48.1 Å². The minimum absolute atomic E-state index is 0.0423. The maximum absolute atomic E-state index is 6.65. The third-order valence-corrected chi connectivity index (χ3v) is 6.46. The first-order valence-corrected chi connectivity index (χ1v) is 10.9. The first-order chi connectivity index (χ1) is 14.2. The molecule has 29 heavy (non-hydrogen) atoms. The number of rotatable bonds is 3. The fourth-order valence-electron chi connectivity index (χ4n) is 4.30. The van der Waals surface area contributed by atoms with Crippen LogP contribution in [0.25, 0.3) is 16.6 Å². The van der Waals surface area contributed by atoms with Crippen molar-refractivity contribution in [1.29, 1.82) is 0 Å². The van der Waals surface area contributed by atoms with Gasteiger partial charge in [0.05, 0.1) is 16.4 Å². The van der Waals surface area contributed by atoms with Crippen LogP contribution in [0, 0.1) is 5.92 Å². The molecule has 0 radical (unpaired) electrons. The van der Waals surface area contributed by atoms with Crippen LogP contribution in [-0.2, 0) is 0 Å². The number of nitrogens with one attached hydrogen (secondary N) is 1. The van der Waals surface area contributed by atoms with Gasteiger partial charge in [-0.2, -0.15) is 0 Å². The molecule has 1 heterocycles. The van der Waals surface area contributed by atoms with Crippen LogP contribution < -0.4 is 0 Å². The summed E-state index contributed by atoms with van der Waals surface area (Å²) in [5.74, 6) is 1.28. The molecule has 0 fully saturated rings. The van der Waals surface area contributed by atoms with Crippen molar-refractivity contribution in [2.45, 2.75) is 31.1 Å². The highest BCUT2D eigenvalue weighted by Crippen LogP contribution is 2.41. The molecule has 2 atom stereocenters. The fourth-order valence-corrected chi connectivity index (χ4v) is 4.93. The average Bonchev–Trinajstić information content (AvgIpc) is 3.18. The predicted molar refractivity (Wildman–Crippen MR) is 123 cm³/mol. The van der Waals surface area contributed by atoms with Crippen molar-refractivity contribution < 1.29 is 0 Å². The number of imidazole rings is 1. The van der Waals surface area contributed by atoms with Gasteiger partial charge in [0.15, 0.2) is 0 Å². The summed E-state index contributed by atoms with van der Waals surface area (Å²) in [4.78, 5) is 8.43. The molecule has 1 N–H and O–H groups in total. The minimum Gasteiger partial charge on any atom is -0.338 e. The van der Waals surface area contributed by atoms with E-state index in [1.165, 1.54) is 11.1 Å². The van der Waals surface area contributed by atoms with Gasteiger partial charge in [-0.3, -0.25) is 0 Å². The SMILES string of the molecule is ClC1=C(C2=C(c3nc4ccccc4[nH]3)CC(C3=CCCC=C3)C=C2)C=CC(Cl)C1. The number of allylic oxidation sites excluding steroid dienone is 12. The first-order valence-electron chi connectivity index (χ1n) is 10.1. The highest BCUT2D eigenvalue weighted by molar-refractivity contribution is 6.32. The number of alkyl halides is 1. The lowest BCUT2D eigenvalue weighted by Gasteiger charge is -2.26. The number of H-pyrrole nitrogens is 1. The number of hydrogen-bond acceptors (Lipinski definition) is 1. The van der Waals surface area contributed by atoms with Gasteiger partial charge in [0.1, 0.15) is 5.82 Å². The fraction of sp³-hybridized carbons (Fsp3) is 0.240. The zero-order valence-corrected chi connectivity index (χ0v) is 17.5. The first kappa shape index (κ1) is 18.7. The number of halogens is 2. The normalized spacial score (nSPS) is 24.6. The van der Waals surface area contributed by atoms with E-state index in [9.17, 15) is 0 Å². The summed E-state index contributed by atoms with van der Waals surface area (Å²) in [5.41, 5.74) is 6.83. The van der Waals surface area contributed by atoms with Crippen LogP contribution in [0.4, 0.5) is 0 Å². The van der Waals surface area contributed by atoms with Crippen molar-refractivity contribution >= 4 is 39.8 Å². The topological polar surface area (TPSA) is 28.7 Å². The van der Waals surface area contributed by atoms with E-state index in [1.807, 2.05) is 24.3 Å². The highest BCUT2D eigenvalue weighted by atomic mass is 35.5. The minimum atomic E-state index is -0.0423. The van der Waals surface area contributed by atoms with Crippen LogP contribution in [0.1, 0.15) is 31.5 Å². The monoisotopic (exact) mass is 420 g/mol. The van der Waals surface area contributed by atoms with Gasteiger partial charge in [-0.1, -0.05) is 66.3 Å². The summed E-state index contributed by atoms with van der Waals surface area (Å²) in [6.07, 6.45) is 19.3. The maximum atomic E-state index is 6.65. The van der Waals surface area contributed by atoms with E-state index in [0.29, 0.717) is 12.3 Å². The van der Waals surface area contributed by atoms with E-state index in [0.717, 1.165) is 52.3 Å². The molecular weight excluding hydrogens is 399 g/mol. The van der Waals surface area contributed by atoms with Gasteiger partial charge in [0.25, 0.3) is 0 Å². The van der Waals surface area contributed by atoms with E-state index < -0.39 is 0 Å². The van der Waals surface area contributed by atoms with Gasteiger partial charge >= 0.3 is 0 Å². The lowest BCUT2D eigenvalue weighted by atomic mass is 9.80. The number of fused-ring (bicyclic) bond motifs is 1. The molecule has 0 saturated heterocycles. The predicted octanol–water partition coefficient (Wildman–Crippen LogP) is 7.23. The Balaban J connectivity index is 1.62. The lowest BCUT2D eigenvalue weighted by molar-refractivity contribution is 0.773. The molecule has 4 heteroatoms. The lowest BCUT2D eigenvalue weighted by Crippen LogP contribution is -2.11. The molecule has 2 aromatic rings. The highest BCUT2D eigenvalue weighted by Gasteiger charge is 2.26. The van der Waals surface area contributed by atoms with Crippen LogP contribution in [0.2, 0.25) is 0 Å². The average molecular weight is 421 g/mol. The summed E-state index contributed by atoms with van der Waals surface area (Å²) >= 11 is 12.9. The molecule has 0 bridgehead atoms. The summed E-state index contributed by atoms with van der Waals surface area (Å²) in [5, 5.41) is 0.773. The summed E-state index contributed by atoms with van der Waals surface area (Å²) in [6, 6.07) is 8.17. The van der Waals surface area contributed by atoms with Crippen molar-refractivity contribution in [2.24, 2.45) is 5.92 Å². The molecule has 2 nitrogen and oxygen atoms in total. The second-order valence-corrected chi connectivity index (χ2v) is 8.76. The van der Waals surface area contributed by atoms with Crippen LogP contribution in [0.5, 0.6) is 0 Å². The molecule has 0 aliphatic heterocycles. The second-order valence-electron chi connectivity index (χ2n) is 7.75. The zero-order valence-electron chi connectivity index (χ0n) is 16.0. The number of hydrogen-bond donors (Lipinski definition) is 1. The number of para-hydroxylation sites is 2. The smallest absolute Gasteiger partial charge is 0.135 e. The van der Waals surface area contributed by atoms with Crippen LogP contribution >= 0.6 is 23.2 Å². The molecule has 5 rings (SSSR count). The number of aromatic nitrogens is 2. The zero-order chi connectivity index (χ0) is 19.8. The second kappa shape index (κ2) is 7.85. The quantitative estimate of drug-likeness (QED) is 0.521. The Bertz CT molecular complexity index is 1110. The van der Waals surface area contributed by atoms with Gasteiger partial charge in [0.2, 0.25) is 0 Å². The summed E-state index contributed by atoms with van der Waals surface area (Å²) < 4.78 is 0. The van der Waals surface area contributed by atoms with E-state index in [1.54, 1.807) is 0 Å². The van der Waals surface area contributed by atoms with Crippen LogP contribution in [-0.4, -0.2) is 15.3 Å². The molecule has 3 aliphatic rings.